The number of fused-ring (bicyclic) bond motifs is 1. The molecule has 0 aliphatic heterocycles. The molecule has 1 aliphatic rings. The molecule has 4 nitrogen and oxygen atoms in total. The predicted octanol–water partition coefficient (Wildman–Crippen LogP) is 3.51. The van der Waals surface area contributed by atoms with E-state index < -0.39 is 0 Å². The first-order valence-electron chi connectivity index (χ1n) is 7.41. The van der Waals surface area contributed by atoms with E-state index in [2.05, 4.69) is 5.32 Å². The molecular formula is C17H19NO3S. The van der Waals surface area contributed by atoms with E-state index in [-0.39, 0.29) is 5.91 Å². The molecule has 1 heterocycles. The van der Waals surface area contributed by atoms with Crippen LogP contribution in [-0.4, -0.2) is 26.2 Å². The van der Waals surface area contributed by atoms with Gasteiger partial charge in [0.2, 0.25) is 0 Å². The van der Waals surface area contributed by atoms with Gasteiger partial charge in [-0.1, -0.05) is 6.07 Å². The van der Waals surface area contributed by atoms with Crippen molar-refractivity contribution in [2.75, 3.05) is 25.6 Å². The van der Waals surface area contributed by atoms with Gasteiger partial charge >= 0.3 is 0 Å². The van der Waals surface area contributed by atoms with Crippen LogP contribution in [0.4, 0.5) is 5.69 Å². The van der Waals surface area contributed by atoms with E-state index in [4.69, 9.17) is 9.47 Å². The maximum Gasteiger partial charge on any atom is 0.265 e. The Labute approximate surface area is 134 Å². The average molecular weight is 317 g/mol. The van der Waals surface area contributed by atoms with Gasteiger partial charge in [0.1, 0.15) is 12.4 Å². The summed E-state index contributed by atoms with van der Waals surface area (Å²) in [5.74, 6) is 0.678. The first kappa shape index (κ1) is 15.1. The largest absolute Gasteiger partial charge is 0.491 e. The summed E-state index contributed by atoms with van der Waals surface area (Å²) in [4.78, 5) is 14.5. The van der Waals surface area contributed by atoms with Gasteiger partial charge in [0.25, 0.3) is 5.91 Å². The number of carbonyl (C=O) groups excluding carboxylic acids is 1. The molecule has 1 aromatic heterocycles. The molecule has 0 spiro atoms. The second kappa shape index (κ2) is 6.94. The number of rotatable bonds is 6. The molecular weight excluding hydrogens is 298 g/mol. The molecule has 1 amide bonds. The lowest BCUT2D eigenvalue weighted by atomic mass is 10.2. The summed E-state index contributed by atoms with van der Waals surface area (Å²) in [6, 6.07) is 9.45. The first-order valence-corrected chi connectivity index (χ1v) is 8.22. The van der Waals surface area contributed by atoms with Gasteiger partial charge in [0.05, 0.1) is 11.5 Å². The highest BCUT2D eigenvalue weighted by atomic mass is 32.1. The molecule has 2 aromatic rings. The summed E-state index contributed by atoms with van der Waals surface area (Å²) in [5, 5.41) is 2.94. The lowest BCUT2D eigenvalue weighted by molar-refractivity contribution is 0.103. The fraction of sp³-hybridized carbons (Fsp3) is 0.353. The topological polar surface area (TPSA) is 47.6 Å². The number of hydrogen-bond acceptors (Lipinski definition) is 4. The van der Waals surface area contributed by atoms with E-state index in [1.165, 1.54) is 16.9 Å². The summed E-state index contributed by atoms with van der Waals surface area (Å²) >= 11 is 1.61. The number of thiophene rings is 1. The normalized spacial score (nSPS) is 13.0. The monoisotopic (exact) mass is 317 g/mol. The van der Waals surface area contributed by atoms with Crippen molar-refractivity contribution < 1.29 is 14.3 Å². The molecule has 1 aromatic carbocycles. The minimum atomic E-state index is -0.0477. The van der Waals surface area contributed by atoms with Crippen LogP contribution < -0.4 is 10.1 Å². The third-order valence-corrected chi connectivity index (χ3v) is 4.85. The second-order valence-corrected chi connectivity index (χ2v) is 6.37. The van der Waals surface area contributed by atoms with Crippen LogP contribution in [0.25, 0.3) is 0 Å². The molecule has 0 saturated heterocycles. The van der Waals surface area contributed by atoms with Crippen LogP contribution in [0, 0.1) is 0 Å². The molecule has 116 valence electrons. The van der Waals surface area contributed by atoms with Crippen molar-refractivity contribution in [2.24, 2.45) is 0 Å². The molecule has 0 unspecified atom stereocenters. The van der Waals surface area contributed by atoms with Crippen molar-refractivity contribution >= 4 is 22.9 Å². The molecule has 0 fully saturated rings. The maximum atomic E-state index is 12.3. The lowest BCUT2D eigenvalue weighted by Gasteiger charge is -2.08. The van der Waals surface area contributed by atoms with Crippen molar-refractivity contribution in [1.29, 1.82) is 0 Å². The number of benzene rings is 1. The molecule has 3 rings (SSSR count). The first-order chi connectivity index (χ1) is 10.8. The zero-order valence-electron chi connectivity index (χ0n) is 12.6. The maximum absolute atomic E-state index is 12.3. The third-order valence-electron chi connectivity index (χ3n) is 3.62. The number of aryl methyl sites for hydroxylation is 2. The van der Waals surface area contributed by atoms with Crippen LogP contribution in [0.3, 0.4) is 0 Å². The molecule has 0 radical (unpaired) electrons. The molecule has 1 aliphatic carbocycles. The molecule has 0 saturated carbocycles. The van der Waals surface area contributed by atoms with Crippen molar-refractivity contribution in [1.82, 2.24) is 0 Å². The Morgan fingerprint density at radius 3 is 3.00 bits per heavy atom. The molecule has 1 N–H and O–H groups in total. The molecule has 5 heteroatoms. The highest BCUT2D eigenvalue weighted by Crippen LogP contribution is 2.31. The fourth-order valence-corrected chi connectivity index (χ4v) is 3.69. The average Bonchev–Trinajstić information content (AvgIpc) is 3.09. The Morgan fingerprint density at radius 1 is 1.27 bits per heavy atom. The van der Waals surface area contributed by atoms with Crippen molar-refractivity contribution in [3.05, 3.63) is 45.6 Å². The van der Waals surface area contributed by atoms with Crippen molar-refractivity contribution in [3.8, 4) is 5.75 Å². The number of hydrogen-bond donors (Lipinski definition) is 1. The molecule has 0 atom stereocenters. The number of amides is 1. The smallest absolute Gasteiger partial charge is 0.265 e. The van der Waals surface area contributed by atoms with E-state index in [1.54, 1.807) is 18.4 Å². The van der Waals surface area contributed by atoms with Gasteiger partial charge in [0, 0.05) is 23.7 Å². The van der Waals surface area contributed by atoms with Crippen LogP contribution >= 0.6 is 11.3 Å². The van der Waals surface area contributed by atoms with Crippen LogP contribution in [-0.2, 0) is 17.6 Å². The Kier molecular flexibility index (Phi) is 4.75. The fourth-order valence-electron chi connectivity index (χ4n) is 2.54. The molecule has 22 heavy (non-hydrogen) atoms. The third kappa shape index (κ3) is 3.48. The molecule has 0 bridgehead atoms. The number of nitrogens with one attached hydrogen (secondary N) is 1. The number of anilines is 1. The van der Waals surface area contributed by atoms with E-state index >= 15 is 0 Å². The summed E-state index contributed by atoms with van der Waals surface area (Å²) in [6.45, 7) is 1.03. The van der Waals surface area contributed by atoms with Crippen LogP contribution in [0.15, 0.2) is 30.3 Å². The van der Waals surface area contributed by atoms with Crippen LogP contribution in [0.5, 0.6) is 5.75 Å². The minimum Gasteiger partial charge on any atom is -0.491 e. The number of ether oxygens (including phenoxy) is 2. The van der Waals surface area contributed by atoms with Gasteiger partial charge < -0.3 is 14.8 Å². The summed E-state index contributed by atoms with van der Waals surface area (Å²) in [7, 11) is 1.64. The number of methoxy groups -OCH3 is 1. The van der Waals surface area contributed by atoms with Crippen LogP contribution in [0.2, 0.25) is 0 Å². The zero-order chi connectivity index (χ0) is 15.4. The Balaban J connectivity index is 1.64. The number of carbonyl (C=O) groups is 1. The van der Waals surface area contributed by atoms with Crippen molar-refractivity contribution in [2.45, 2.75) is 19.3 Å². The predicted molar refractivity (Wildman–Crippen MR) is 88.1 cm³/mol. The van der Waals surface area contributed by atoms with Crippen LogP contribution in [0.1, 0.15) is 26.5 Å². The standard InChI is InChI=1S/C17H19NO3S/c1-20-8-9-21-14-6-3-5-13(11-14)18-17(19)16-10-12-4-2-7-15(12)22-16/h3,5-6,10-11H,2,4,7-9H2,1H3,(H,18,19). The quantitative estimate of drug-likeness (QED) is 0.829. The highest BCUT2D eigenvalue weighted by molar-refractivity contribution is 7.14. The van der Waals surface area contributed by atoms with Gasteiger partial charge in [-0.2, -0.15) is 0 Å². The van der Waals surface area contributed by atoms with E-state index in [0.29, 0.717) is 13.2 Å². The summed E-state index contributed by atoms with van der Waals surface area (Å²) in [6.07, 6.45) is 3.42. The van der Waals surface area contributed by atoms with Crippen molar-refractivity contribution in [3.63, 3.8) is 0 Å². The van der Waals surface area contributed by atoms with Gasteiger partial charge in [-0.3, -0.25) is 4.79 Å². The summed E-state index contributed by atoms with van der Waals surface area (Å²) < 4.78 is 10.5. The van der Waals surface area contributed by atoms with E-state index in [0.717, 1.165) is 29.2 Å². The summed E-state index contributed by atoms with van der Waals surface area (Å²) in [5.41, 5.74) is 2.08. The van der Waals surface area contributed by atoms with E-state index in [9.17, 15) is 4.79 Å². The second-order valence-electron chi connectivity index (χ2n) is 5.24. The zero-order valence-corrected chi connectivity index (χ0v) is 13.4. The highest BCUT2D eigenvalue weighted by Gasteiger charge is 2.18. The minimum absolute atomic E-state index is 0.0477. The Hall–Kier alpha value is -1.85. The Morgan fingerprint density at radius 2 is 2.18 bits per heavy atom. The van der Waals surface area contributed by atoms with E-state index in [1.807, 2.05) is 30.3 Å². The van der Waals surface area contributed by atoms with Gasteiger partial charge in [-0.05, 0) is 43.0 Å². The lowest BCUT2D eigenvalue weighted by Crippen LogP contribution is -2.10. The van der Waals surface area contributed by atoms with Gasteiger partial charge in [-0.15, -0.1) is 11.3 Å². The van der Waals surface area contributed by atoms with Gasteiger partial charge in [0.15, 0.2) is 0 Å². The SMILES string of the molecule is COCCOc1cccc(NC(=O)c2cc3c(s2)CCC3)c1. The Bertz CT molecular complexity index is 644. The van der Waals surface area contributed by atoms with Gasteiger partial charge in [-0.25, -0.2) is 0 Å².